The van der Waals surface area contributed by atoms with Crippen LogP contribution in [0.4, 0.5) is 17.5 Å². The molecule has 0 saturated heterocycles. The van der Waals surface area contributed by atoms with Gasteiger partial charge in [-0.15, -0.1) is 11.8 Å². The van der Waals surface area contributed by atoms with Crippen LogP contribution >= 0.6 is 11.8 Å². The largest absolute Gasteiger partial charge is 0.370 e. The maximum absolute atomic E-state index is 11.9. The van der Waals surface area contributed by atoms with E-state index < -0.39 is 0 Å². The van der Waals surface area contributed by atoms with Crippen LogP contribution in [0.25, 0.3) is 0 Å². The van der Waals surface area contributed by atoms with E-state index in [-0.39, 0.29) is 5.91 Å². The van der Waals surface area contributed by atoms with E-state index in [0.29, 0.717) is 18.3 Å². The number of carbonyl (C=O) groups is 1. The van der Waals surface area contributed by atoms with E-state index >= 15 is 0 Å². The van der Waals surface area contributed by atoms with Crippen LogP contribution in [0.2, 0.25) is 0 Å². The molecule has 0 radical (unpaired) electrons. The Labute approximate surface area is 163 Å². The van der Waals surface area contributed by atoms with Crippen molar-refractivity contribution in [2.45, 2.75) is 24.7 Å². The van der Waals surface area contributed by atoms with Gasteiger partial charge in [-0.2, -0.15) is 0 Å². The second-order valence-corrected chi connectivity index (χ2v) is 7.28. The fourth-order valence-corrected chi connectivity index (χ4v) is 2.90. The Morgan fingerprint density at radius 1 is 1.15 bits per heavy atom. The van der Waals surface area contributed by atoms with Gasteiger partial charge in [0.15, 0.2) is 0 Å². The number of anilines is 3. The van der Waals surface area contributed by atoms with Crippen molar-refractivity contribution in [3.63, 3.8) is 0 Å². The third-order valence-corrected chi connectivity index (χ3v) is 4.86. The van der Waals surface area contributed by atoms with Gasteiger partial charge in [0.05, 0.1) is 11.9 Å². The molecule has 3 rings (SSSR count). The molecule has 2 aromatic heterocycles. The standard InChI is InChI=1S/C19H24N6OS/c1-14(10-22-19-23-12-16(27-2)13-24-19)9-20-17-7-6-15(11-21-17)25-8-4-3-5-18(25)26/h4,6-8,11-14H,3,5,9-10H2,1-2H3,(H,20,21)(H,22,23,24). The Morgan fingerprint density at radius 3 is 2.59 bits per heavy atom. The molecule has 1 unspecified atom stereocenters. The SMILES string of the molecule is CSc1cnc(NCC(C)CNc2ccc(N3C=CCCC3=O)cn2)nc1. The number of thioether (sulfide) groups is 1. The first-order valence-corrected chi connectivity index (χ1v) is 10.2. The molecule has 0 bridgehead atoms. The molecular weight excluding hydrogens is 360 g/mol. The maximum Gasteiger partial charge on any atom is 0.231 e. The lowest BCUT2D eigenvalue weighted by Gasteiger charge is -2.21. The fraction of sp³-hybridized carbons (Fsp3) is 0.368. The summed E-state index contributed by atoms with van der Waals surface area (Å²) in [5, 5.41) is 6.57. The molecule has 0 spiro atoms. The smallest absolute Gasteiger partial charge is 0.231 e. The summed E-state index contributed by atoms with van der Waals surface area (Å²) in [6.07, 6.45) is 12.5. The Balaban J connectivity index is 1.45. The molecule has 0 fully saturated rings. The molecule has 0 saturated carbocycles. The predicted octanol–water partition coefficient (Wildman–Crippen LogP) is 3.39. The quantitative estimate of drug-likeness (QED) is 0.675. The van der Waals surface area contributed by atoms with Crippen LogP contribution in [0.3, 0.4) is 0 Å². The summed E-state index contributed by atoms with van der Waals surface area (Å²) in [6.45, 7) is 3.67. The zero-order valence-corrected chi connectivity index (χ0v) is 16.4. The molecular formula is C19H24N6OS. The van der Waals surface area contributed by atoms with Crippen LogP contribution in [0, 0.1) is 5.92 Å². The van der Waals surface area contributed by atoms with Gasteiger partial charge in [0.1, 0.15) is 5.82 Å². The fourth-order valence-electron chi connectivity index (χ4n) is 2.58. The molecule has 3 heterocycles. The number of hydrogen-bond acceptors (Lipinski definition) is 7. The van der Waals surface area contributed by atoms with Gasteiger partial charge in [-0.05, 0) is 30.7 Å². The van der Waals surface area contributed by atoms with E-state index in [2.05, 4.69) is 32.5 Å². The highest BCUT2D eigenvalue weighted by Crippen LogP contribution is 2.20. The van der Waals surface area contributed by atoms with Crippen LogP contribution < -0.4 is 15.5 Å². The molecule has 0 aliphatic carbocycles. The van der Waals surface area contributed by atoms with E-state index in [4.69, 9.17) is 0 Å². The van der Waals surface area contributed by atoms with Crippen LogP contribution in [0.15, 0.2) is 47.9 Å². The third-order valence-electron chi connectivity index (χ3n) is 4.18. The van der Waals surface area contributed by atoms with E-state index in [0.717, 1.165) is 35.9 Å². The minimum Gasteiger partial charge on any atom is -0.370 e. The summed E-state index contributed by atoms with van der Waals surface area (Å²) in [7, 11) is 0. The van der Waals surface area contributed by atoms with Crippen molar-refractivity contribution in [1.29, 1.82) is 0 Å². The van der Waals surface area contributed by atoms with Gasteiger partial charge in [0.2, 0.25) is 11.9 Å². The number of nitrogens with zero attached hydrogens (tertiary/aromatic N) is 4. The summed E-state index contributed by atoms with van der Waals surface area (Å²) in [5.41, 5.74) is 0.794. The van der Waals surface area contributed by atoms with Gasteiger partial charge in [-0.25, -0.2) is 15.0 Å². The van der Waals surface area contributed by atoms with Crippen LogP contribution in [-0.2, 0) is 4.79 Å². The van der Waals surface area contributed by atoms with E-state index in [9.17, 15) is 4.79 Å². The highest BCUT2D eigenvalue weighted by atomic mass is 32.2. The third kappa shape index (κ3) is 5.43. The zero-order valence-electron chi connectivity index (χ0n) is 15.6. The van der Waals surface area contributed by atoms with Gasteiger partial charge in [-0.3, -0.25) is 9.69 Å². The first kappa shape index (κ1) is 19.2. The number of aromatic nitrogens is 3. The van der Waals surface area contributed by atoms with E-state index in [1.165, 1.54) is 0 Å². The Kier molecular flexibility index (Phi) is 6.64. The molecule has 1 aliphatic heterocycles. The van der Waals surface area contributed by atoms with Crippen molar-refractivity contribution in [1.82, 2.24) is 15.0 Å². The summed E-state index contributed by atoms with van der Waals surface area (Å²) in [6, 6.07) is 3.81. The summed E-state index contributed by atoms with van der Waals surface area (Å²) < 4.78 is 0. The van der Waals surface area contributed by atoms with E-state index in [1.54, 1.807) is 22.9 Å². The average Bonchev–Trinajstić information content (AvgIpc) is 2.72. The van der Waals surface area contributed by atoms with Crippen LogP contribution in [-0.4, -0.2) is 40.2 Å². The second-order valence-electron chi connectivity index (χ2n) is 6.40. The summed E-state index contributed by atoms with van der Waals surface area (Å²) in [4.78, 5) is 27.6. The molecule has 0 aromatic carbocycles. The molecule has 1 amide bonds. The highest BCUT2D eigenvalue weighted by molar-refractivity contribution is 7.98. The number of nitrogens with one attached hydrogen (secondary N) is 2. The van der Waals surface area contributed by atoms with Gasteiger partial charge in [-0.1, -0.05) is 13.0 Å². The maximum atomic E-state index is 11.9. The van der Waals surface area contributed by atoms with Crippen LogP contribution in [0.1, 0.15) is 19.8 Å². The first-order chi connectivity index (χ1) is 13.2. The number of amides is 1. The number of rotatable bonds is 8. The lowest BCUT2D eigenvalue weighted by Crippen LogP contribution is -2.27. The molecule has 2 aromatic rings. The number of pyridine rings is 1. The monoisotopic (exact) mass is 384 g/mol. The van der Waals surface area contributed by atoms with Crippen molar-refractivity contribution >= 4 is 35.1 Å². The summed E-state index contributed by atoms with van der Waals surface area (Å²) in [5.74, 6) is 1.90. The lowest BCUT2D eigenvalue weighted by molar-refractivity contribution is -0.118. The van der Waals surface area contributed by atoms with Crippen molar-refractivity contribution in [3.05, 3.63) is 43.0 Å². The van der Waals surface area contributed by atoms with Gasteiger partial charge in [0, 0.05) is 43.0 Å². The average molecular weight is 385 g/mol. The predicted molar refractivity (Wildman–Crippen MR) is 110 cm³/mol. The molecule has 27 heavy (non-hydrogen) atoms. The molecule has 2 N–H and O–H groups in total. The number of hydrogen-bond donors (Lipinski definition) is 2. The first-order valence-electron chi connectivity index (χ1n) is 8.94. The topological polar surface area (TPSA) is 83.0 Å². The number of carbonyl (C=O) groups excluding carboxylic acids is 1. The van der Waals surface area contributed by atoms with Crippen molar-refractivity contribution in [2.75, 3.05) is 34.9 Å². The molecule has 142 valence electrons. The molecule has 1 aliphatic rings. The molecule has 7 nitrogen and oxygen atoms in total. The molecule has 8 heteroatoms. The van der Waals surface area contributed by atoms with Gasteiger partial charge in [0.25, 0.3) is 0 Å². The van der Waals surface area contributed by atoms with Crippen molar-refractivity contribution in [2.24, 2.45) is 5.92 Å². The van der Waals surface area contributed by atoms with Gasteiger partial charge >= 0.3 is 0 Å². The highest BCUT2D eigenvalue weighted by Gasteiger charge is 2.15. The minimum absolute atomic E-state index is 0.104. The Bertz CT molecular complexity index is 778. The summed E-state index contributed by atoms with van der Waals surface area (Å²) >= 11 is 1.62. The van der Waals surface area contributed by atoms with Crippen LogP contribution in [0.5, 0.6) is 0 Å². The van der Waals surface area contributed by atoms with Gasteiger partial charge < -0.3 is 10.6 Å². The Morgan fingerprint density at radius 2 is 1.93 bits per heavy atom. The number of allylic oxidation sites excluding steroid dienone is 1. The lowest BCUT2D eigenvalue weighted by atomic mass is 10.2. The molecule has 1 atom stereocenters. The normalized spacial score (nSPS) is 14.9. The van der Waals surface area contributed by atoms with Crippen molar-refractivity contribution < 1.29 is 4.79 Å². The van der Waals surface area contributed by atoms with Crippen molar-refractivity contribution in [3.8, 4) is 0 Å². The minimum atomic E-state index is 0.104. The zero-order chi connectivity index (χ0) is 19.1. The van der Waals surface area contributed by atoms with E-state index in [1.807, 2.05) is 43.1 Å². The Hall–Kier alpha value is -2.61. The second kappa shape index (κ2) is 9.36.